The Bertz CT molecular complexity index is 610. The van der Waals surface area contributed by atoms with Gasteiger partial charge in [-0.25, -0.2) is 9.38 Å². The van der Waals surface area contributed by atoms with Crippen molar-refractivity contribution in [3.8, 4) is 0 Å². The van der Waals surface area contributed by atoms with Crippen molar-refractivity contribution in [1.29, 1.82) is 0 Å². The number of hydrogen-bond acceptors (Lipinski definition) is 4. The van der Waals surface area contributed by atoms with Gasteiger partial charge >= 0.3 is 0 Å². The van der Waals surface area contributed by atoms with E-state index < -0.39 is 0 Å². The maximum atomic E-state index is 12.9. The molecule has 0 saturated carbocycles. The Kier molecular flexibility index (Phi) is 12.5. The number of amides is 1. The summed E-state index contributed by atoms with van der Waals surface area (Å²) < 4.78 is 18.3. The van der Waals surface area contributed by atoms with Crippen molar-refractivity contribution in [1.82, 2.24) is 15.5 Å². The summed E-state index contributed by atoms with van der Waals surface area (Å²) in [5.74, 6) is 1.80. The fraction of sp³-hybridized carbons (Fsp3) is 0.579. The normalized spacial score (nSPS) is 16.4. The summed E-state index contributed by atoms with van der Waals surface area (Å²) in [7, 11) is 3.45. The van der Waals surface area contributed by atoms with E-state index in [-0.39, 0.29) is 42.2 Å². The second-order valence-corrected chi connectivity index (χ2v) is 7.81. The van der Waals surface area contributed by atoms with Crippen LogP contribution in [0.5, 0.6) is 0 Å². The topological polar surface area (TPSA) is 66.0 Å². The van der Waals surface area contributed by atoms with Gasteiger partial charge in [-0.1, -0.05) is 0 Å². The van der Waals surface area contributed by atoms with E-state index in [4.69, 9.17) is 4.74 Å². The van der Waals surface area contributed by atoms with Crippen LogP contribution in [-0.4, -0.2) is 69.5 Å². The van der Waals surface area contributed by atoms with Crippen LogP contribution in [0.15, 0.2) is 34.2 Å². The number of aliphatic imine (C=N–C) groups is 1. The van der Waals surface area contributed by atoms with E-state index in [0.717, 1.165) is 49.8 Å². The molecular formula is C19H30FIN4O2S. The number of carbonyl (C=O) groups is 1. The summed E-state index contributed by atoms with van der Waals surface area (Å²) in [5.41, 5.74) is 0. The average Bonchev–Trinajstić information content (AvgIpc) is 3.17. The molecule has 0 aliphatic carbocycles. The molecule has 0 bridgehead atoms. The average molecular weight is 524 g/mol. The van der Waals surface area contributed by atoms with Gasteiger partial charge in [-0.2, -0.15) is 0 Å². The van der Waals surface area contributed by atoms with E-state index in [1.807, 2.05) is 0 Å². The lowest BCUT2D eigenvalue weighted by molar-refractivity contribution is -0.127. The van der Waals surface area contributed by atoms with Crippen LogP contribution in [-0.2, 0) is 9.53 Å². The molecule has 1 unspecified atom stereocenters. The van der Waals surface area contributed by atoms with E-state index in [0.29, 0.717) is 11.9 Å². The first-order valence-electron chi connectivity index (χ1n) is 9.23. The maximum Gasteiger partial charge on any atom is 0.243 e. The molecule has 1 saturated heterocycles. The second-order valence-electron chi connectivity index (χ2n) is 6.65. The number of benzene rings is 1. The van der Waals surface area contributed by atoms with E-state index in [1.165, 1.54) is 17.0 Å². The quantitative estimate of drug-likeness (QED) is 0.171. The van der Waals surface area contributed by atoms with E-state index in [9.17, 15) is 9.18 Å². The lowest BCUT2D eigenvalue weighted by Gasteiger charge is -2.15. The maximum absolute atomic E-state index is 12.9. The van der Waals surface area contributed by atoms with Gasteiger partial charge in [0.2, 0.25) is 5.91 Å². The molecule has 2 N–H and O–H groups in total. The minimum Gasteiger partial charge on any atom is -0.381 e. The number of thioether (sulfide) groups is 1. The van der Waals surface area contributed by atoms with E-state index in [1.54, 1.807) is 38.0 Å². The van der Waals surface area contributed by atoms with Gasteiger partial charge in [-0.05, 0) is 42.9 Å². The molecule has 6 nitrogen and oxygen atoms in total. The predicted molar refractivity (Wildman–Crippen MR) is 123 cm³/mol. The van der Waals surface area contributed by atoms with E-state index in [2.05, 4.69) is 15.6 Å². The second kappa shape index (κ2) is 14.0. The lowest BCUT2D eigenvalue weighted by Crippen LogP contribution is -2.41. The monoisotopic (exact) mass is 524 g/mol. The number of guanidine groups is 1. The molecule has 1 aliphatic rings. The summed E-state index contributed by atoms with van der Waals surface area (Å²) in [4.78, 5) is 18.8. The van der Waals surface area contributed by atoms with Gasteiger partial charge in [0.15, 0.2) is 5.96 Å². The van der Waals surface area contributed by atoms with Crippen molar-refractivity contribution < 1.29 is 13.9 Å². The summed E-state index contributed by atoms with van der Waals surface area (Å²) in [6.45, 7) is 3.23. The number of carbonyl (C=O) groups excluding carboxylic acids is 1. The minimum absolute atomic E-state index is 0. The zero-order valence-electron chi connectivity index (χ0n) is 16.4. The third kappa shape index (κ3) is 9.92. The zero-order chi connectivity index (χ0) is 19.5. The summed E-state index contributed by atoms with van der Waals surface area (Å²) in [6, 6.07) is 6.53. The van der Waals surface area contributed by atoms with Gasteiger partial charge in [-0.15, -0.1) is 35.7 Å². The van der Waals surface area contributed by atoms with Gasteiger partial charge < -0.3 is 20.3 Å². The van der Waals surface area contributed by atoms with Gasteiger partial charge in [0, 0.05) is 44.6 Å². The highest BCUT2D eigenvalue weighted by molar-refractivity contribution is 14.0. The molecule has 1 heterocycles. The van der Waals surface area contributed by atoms with Crippen LogP contribution in [0.25, 0.3) is 0 Å². The van der Waals surface area contributed by atoms with Crippen LogP contribution in [0.1, 0.15) is 12.8 Å². The van der Waals surface area contributed by atoms with Crippen LogP contribution in [0, 0.1) is 11.7 Å². The third-order valence-electron chi connectivity index (χ3n) is 4.15. The highest BCUT2D eigenvalue weighted by Gasteiger charge is 2.16. The van der Waals surface area contributed by atoms with Crippen molar-refractivity contribution in [3.05, 3.63) is 30.1 Å². The number of rotatable bonds is 9. The lowest BCUT2D eigenvalue weighted by atomic mass is 10.1. The SMILES string of the molecule is CN(C)C(=O)CN=C(NCCCSc1ccc(F)cc1)NCC1CCOC1.I. The van der Waals surface area contributed by atoms with Gasteiger partial charge in [0.1, 0.15) is 12.4 Å². The Morgan fingerprint density at radius 3 is 2.71 bits per heavy atom. The van der Waals surface area contributed by atoms with Crippen molar-refractivity contribution in [2.24, 2.45) is 10.9 Å². The summed E-state index contributed by atoms with van der Waals surface area (Å²) >= 11 is 1.69. The molecule has 2 rings (SSSR count). The molecule has 1 amide bonds. The van der Waals surface area contributed by atoms with Gasteiger partial charge in [-0.3, -0.25) is 4.79 Å². The fourth-order valence-corrected chi connectivity index (χ4v) is 3.30. The van der Waals surface area contributed by atoms with Crippen molar-refractivity contribution >= 4 is 47.6 Å². The largest absolute Gasteiger partial charge is 0.381 e. The number of ether oxygens (including phenoxy) is 1. The number of nitrogens with one attached hydrogen (secondary N) is 2. The molecule has 1 atom stereocenters. The minimum atomic E-state index is -0.215. The number of nitrogens with zero attached hydrogens (tertiary/aromatic N) is 2. The molecule has 1 fully saturated rings. The standard InChI is InChI=1S/C19H29FN4O2S.HI/c1-24(2)18(25)13-23-19(22-12-15-8-10-26-14-15)21-9-3-11-27-17-6-4-16(20)5-7-17;/h4-7,15H,3,8-14H2,1-2H3,(H2,21,22,23);1H. The Morgan fingerprint density at radius 1 is 1.32 bits per heavy atom. The molecule has 9 heteroatoms. The van der Waals surface area contributed by atoms with Crippen molar-refractivity contribution in [3.63, 3.8) is 0 Å². The zero-order valence-corrected chi connectivity index (χ0v) is 19.6. The van der Waals surface area contributed by atoms with Crippen LogP contribution in [0.3, 0.4) is 0 Å². The molecule has 0 spiro atoms. The molecule has 1 aromatic carbocycles. The first kappa shape index (κ1) is 25.0. The Morgan fingerprint density at radius 2 is 2.07 bits per heavy atom. The van der Waals surface area contributed by atoms with Crippen LogP contribution in [0.4, 0.5) is 4.39 Å². The molecule has 1 aromatic rings. The van der Waals surface area contributed by atoms with Crippen molar-refractivity contribution in [2.75, 3.05) is 52.7 Å². The summed E-state index contributed by atoms with van der Waals surface area (Å²) in [5, 5.41) is 6.60. The Labute approximate surface area is 188 Å². The fourth-order valence-electron chi connectivity index (χ4n) is 2.45. The number of halogens is 2. The molecule has 28 heavy (non-hydrogen) atoms. The number of hydrogen-bond donors (Lipinski definition) is 2. The molecule has 1 aliphatic heterocycles. The molecule has 158 valence electrons. The van der Waals surface area contributed by atoms with Crippen LogP contribution < -0.4 is 10.6 Å². The predicted octanol–water partition coefficient (Wildman–Crippen LogP) is 2.59. The summed E-state index contributed by atoms with van der Waals surface area (Å²) in [6.07, 6.45) is 1.97. The third-order valence-corrected chi connectivity index (χ3v) is 5.25. The molecule has 0 aromatic heterocycles. The number of likely N-dealkylation sites (N-methyl/N-ethyl adjacent to an activating group) is 1. The van der Waals surface area contributed by atoms with Gasteiger partial charge in [0.05, 0.1) is 6.61 Å². The smallest absolute Gasteiger partial charge is 0.243 e. The Balaban J connectivity index is 0.00000392. The molecule has 0 radical (unpaired) electrons. The van der Waals surface area contributed by atoms with E-state index >= 15 is 0 Å². The highest BCUT2D eigenvalue weighted by atomic mass is 127. The Hall–Kier alpha value is -1.07. The van der Waals surface area contributed by atoms with Crippen LogP contribution >= 0.6 is 35.7 Å². The first-order valence-corrected chi connectivity index (χ1v) is 10.2. The van der Waals surface area contributed by atoms with Gasteiger partial charge in [0.25, 0.3) is 0 Å². The van der Waals surface area contributed by atoms with Crippen molar-refractivity contribution in [2.45, 2.75) is 17.7 Å². The highest BCUT2D eigenvalue weighted by Crippen LogP contribution is 2.18. The molecular weight excluding hydrogens is 494 g/mol. The van der Waals surface area contributed by atoms with Crippen LogP contribution in [0.2, 0.25) is 0 Å². The first-order chi connectivity index (χ1) is 13.0.